The maximum atomic E-state index is 12.4. The Kier molecular flexibility index (Phi) is 8.18. The molecule has 0 unspecified atom stereocenters. The number of carbonyl (C=O) groups excluding carboxylic acids is 2. The van der Waals surface area contributed by atoms with Crippen molar-refractivity contribution in [3.05, 3.63) is 34.9 Å². The molecule has 1 aliphatic rings. The molecule has 0 aliphatic carbocycles. The highest BCUT2D eigenvalue weighted by Gasteiger charge is 2.22. The smallest absolute Gasteiger partial charge is 0.234 e. The summed E-state index contributed by atoms with van der Waals surface area (Å²) in [6.07, 6.45) is 1.11. The minimum Gasteiger partial charge on any atom is -0.383 e. The van der Waals surface area contributed by atoms with Crippen LogP contribution in [-0.2, 0) is 20.7 Å². The van der Waals surface area contributed by atoms with E-state index in [0.29, 0.717) is 50.7 Å². The lowest BCUT2D eigenvalue weighted by atomic mass is 10.1. The van der Waals surface area contributed by atoms with Gasteiger partial charge in [-0.15, -0.1) is 0 Å². The predicted molar refractivity (Wildman–Crippen MR) is 97.7 cm³/mol. The summed E-state index contributed by atoms with van der Waals surface area (Å²) in [4.78, 5) is 28.1. The molecule has 1 aromatic carbocycles. The van der Waals surface area contributed by atoms with Gasteiger partial charge >= 0.3 is 0 Å². The zero-order valence-electron chi connectivity index (χ0n) is 14.7. The lowest BCUT2D eigenvalue weighted by Gasteiger charge is -2.34. The first kappa shape index (κ1) is 19.7. The second-order valence-corrected chi connectivity index (χ2v) is 6.50. The topological polar surface area (TPSA) is 61.9 Å². The molecule has 0 bridgehead atoms. The van der Waals surface area contributed by atoms with Crippen molar-refractivity contribution in [2.24, 2.45) is 0 Å². The van der Waals surface area contributed by atoms with Crippen LogP contribution < -0.4 is 5.32 Å². The number of nitrogens with zero attached hydrogens (tertiary/aromatic N) is 2. The maximum absolute atomic E-state index is 12.4. The molecule has 1 heterocycles. The molecule has 2 amide bonds. The Bertz CT molecular complexity index is 574. The Morgan fingerprint density at radius 3 is 2.60 bits per heavy atom. The molecule has 0 spiro atoms. The van der Waals surface area contributed by atoms with Gasteiger partial charge in [0.1, 0.15) is 0 Å². The van der Waals surface area contributed by atoms with Gasteiger partial charge < -0.3 is 15.0 Å². The average Bonchev–Trinajstić information content (AvgIpc) is 2.61. The van der Waals surface area contributed by atoms with Gasteiger partial charge in [-0.3, -0.25) is 14.5 Å². The number of piperazine rings is 1. The number of hydrogen-bond donors (Lipinski definition) is 1. The first-order valence-electron chi connectivity index (χ1n) is 8.59. The first-order chi connectivity index (χ1) is 12.1. The molecule has 1 aromatic rings. The summed E-state index contributed by atoms with van der Waals surface area (Å²) in [6.45, 7) is 4.16. The number of methoxy groups -OCH3 is 1. The molecule has 6 nitrogen and oxygen atoms in total. The van der Waals surface area contributed by atoms with Crippen LogP contribution in [0, 0.1) is 0 Å². The Morgan fingerprint density at radius 1 is 1.20 bits per heavy atom. The van der Waals surface area contributed by atoms with Gasteiger partial charge in [-0.2, -0.15) is 0 Å². The summed E-state index contributed by atoms with van der Waals surface area (Å²) in [5, 5.41) is 3.52. The number of hydrogen-bond acceptors (Lipinski definition) is 4. The zero-order chi connectivity index (χ0) is 18.1. The molecule has 25 heavy (non-hydrogen) atoms. The van der Waals surface area contributed by atoms with E-state index in [2.05, 4.69) is 10.2 Å². The Morgan fingerprint density at radius 2 is 1.92 bits per heavy atom. The van der Waals surface area contributed by atoms with E-state index in [1.807, 2.05) is 29.2 Å². The van der Waals surface area contributed by atoms with Crippen LogP contribution in [0.3, 0.4) is 0 Å². The molecule has 138 valence electrons. The Balaban J connectivity index is 1.68. The van der Waals surface area contributed by atoms with E-state index in [1.165, 1.54) is 0 Å². The van der Waals surface area contributed by atoms with Crippen molar-refractivity contribution >= 4 is 23.4 Å². The van der Waals surface area contributed by atoms with E-state index >= 15 is 0 Å². The maximum Gasteiger partial charge on any atom is 0.234 e. The third kappa shape index (κ3) is 6.65. The summed E-state index contributed by atoms with van der Waals surface area (Å²) in [6, 6.07) is 7.62. The van der Waals surface area contributed by atoms with Crippen molar-refractivity contribution in [3.63, 3.8) is 0 Å². The lowest BCUT2D eigenvalue weighted by Crippen LogP contribution is -2.51. The molecular formula is C18H26ClN3O3. The number of ether oxygens (including phenoxy) is 1. The second kappa shape index (κ2) is 10.4. The van der Waals surface area contributed by atoms with Gasteiger partial charge in [-0.1, -0.05) is 29.8 Å². The highest BCUT2D eigenvalue weighted by molar-refractivity contribution is 6.31. The normalized spacial score (nSPS) is 15.2. The first-order valence-corrected chi connectivity index (χ1v) is 8.97. The van der Waals surface area contributed by atoms with Gasteiger partial charge in [0.25, 0.3) is 0 Å². The van der Waals surface area contributed by atoms with Gasteiger partial charge in [-0.25, -0.2) is 0 Å². The predicted octanol–water partition coefficient (Wildman–Crippen LogP) is 1.18. The molecular weight excluding hydrogens is 342 g/mol. The van der Waals surface area contributed by atoms with E-state index in [4.69, 9.17) is 16.3 Å². The highest BCUT2D eigenvalue weighted by atomic mass is 35.5. The fourth-order valence-electron chi connectivity index (χ4n) is 2.81. The summed E-state index contributed by atoms with van der Waals surface area (Å²) < 4.78 is 4.90. The van der Waals surface area contributed by atoms with Crippen LogP contribution in [0.2, 0.25) is 5.02 Å². The molecule has 1 fully saturated rings. The van der Waals surface area contributed by atoms with Gasteiger partial charge in [0.2, 0.25) is 11.8 Å². The van der Waals surface area contributed by atoms with Gasteiger partial charge in [0, 0.05) is 51.3 Å². The lowest BCUT2D eigenvalue weighted by molar-refractivity contribution is -0.133. The van der Waals surface area contributed by atoms with E-state index in [9.17, 15) is 9.59 Å². The number of halogens is 1. The van der Waals surface area contributed by atoms with E-state index < -0.39 is 0 Å². The number of nitrogens with one attached hydrogen (secondary N) is 1. The molecule has 1 aliphatic heterocycles. The van der Waals surface area contributed by atoms with Crippen molar-refractivity contribution < 1.29 is 14.3 Å². The highest BCUT2D eigenvalue weighted by Crippen LogP contribution is 2.17. The molecule has 1 N–H and O–H groups in total. The quantitative estimate of drug-likeness (QED) is 0.701. The summed E-state index contributed by atoms with van der Waals surface area (Å²) >= 11 is 6.13. The Hall–Kier alpha value is -1.63. The minimum atomic E-state index is -0.00412. The van der Waals surface area contributed by atoms with Gasteiger partial charge in [0.05, 0.1) is 13.2 Å². The number of rotatable bonds is 8. The van der Waals surface area contributed by atoms with E-state index in [-0.39, 0.29) is 11.8 Å². The van der Waals surface area contributed by atoms with Crippen LogP contribution in [0.1, 0.15) is 12.0 Å². The van der Waals surface area contributed by atoms with Crippen LogP contribution in [0.5, 0.6) is 0 Å². The van der Waals surface area contributed by atoms with Crippen molar-refractivity contribution in [1.82, 2.24) is 15.1 Å². The third-order valence-corrected chi connectivity index (χ3v) is 4.66. The standard InChI is InChI=1S/C18H26ClN3O3/c1-25-13-8-20-17(23)14-21-9-11-22(12-10-21)18(24)7-6-15-4-2-3-5-16(15)19/h2-5H,6-14H2,1H3,(H,20,23). The SMILES string of the molecule is COCCNC(=O)CN1CCN(C(=O)CCc2ccccc2Cl)CC1. The average molecular weight is 368 g/mol. The molecule has 0 atom stereocenters. The summed E-state index contributed by atoms with van der Waals surface area (Å²) in [5.41, 5.74) is 1.00. The van der Waals surface area contributed by atoms with E-state index in [1.54, 1.807) is 7.11 Å². The van der Waals surface area contributed by atoms with E-state index in [0.717, 1.165) is 18.7 Å². The molecule has 1 saturated heterocycles. The van der Waals surface area contributed by atoms with Crippen LogP contribution in [0.15, 0.2) is 24.3 Å². The molecule has 2 rings (SSSR count). The number of carbonyl (C=O) groups is 2. The minimum absolute atomic E-state index is 0.00412. The second-order valence-electron chi connectivity index (χ2n) is 6.09. The van der Waals surface area contributed by atoms with Crippen molar-refractivity contribution in [2.45, 2.75) is 12.8 Å². The largest absolute Gasteiger partial charge is 0.383 e. The fourth-order valence-corrected chi connectivity index (χ4v) is 3.04. The zero-order valence-corrected chi connectivity index (χ0v) is 15.4. The fraction of sp³-hybridized carbons (Fsp3) is 0.556. The van der Waals surface area contributed by atoms with Crippen LogP contribution in [-0.4, -0.2) is 74.6 Å². The molecule has 0 saturated carbocycles. The third-order valence-electron chi connectivity index (χ3n) is 4.29. The van der Waals surface area contributed by atoms with Crippen LogP contribution in [0.4, 0.5) is 0 Å². The number of amides is 2. The van der Waals surface area contributed by atoms with Crippen molar-refractivity contribution in [3.8, 4) is 0 Å². The number of aryl methyl sites for hydroxylation is 1. The number of benzene rings is 1. The van der Waals surface area contributed by atoms with Crippen LogP contribution >= 0.6 is 11.6 Å². The molecule has 7 heteroatoms. The monoisotopic (exact) mass is 367 g/mol. The molecule has 0 aromatic heterocycles. The summed E-state index contributed by atoms with van der Waals surface area (Å²) in [5.74, 6) is 0.139. The summed E-state index contributed by atoms with van der Waals surface area (Å²) in [7, 11) is 1.61. The van der Waals surface area contributed by atoms with Crippen molar-refractivity contribution in [1.29, 1.82) is 0 Å². The van der Waals surface area contributed by atoms with Gasteiger partial charge in [0.15, 0.2) is 0 Å². The van der Waals surface area contributed by atoms with Gasteiger partial charge in [-0.05, 0) is 18.1 Å². The van der Waals surface area contributed by atoms with Crippen molar-refractivity contribution in [2.75, 3.05) is 53.0 Å². The molecule has 0 radical (unpaired) electrons. The van der Waals surface area contributed by atoms with Crippen LogP contribution in [0.25, 0.3) is 0 Å². The Labute approximate surface area is 154 Å².